The van der Waals surface area contributed by atoms with Gasteiger partial charge in [-0.25, -0.2) is 0 Å². The molecule has 2 aliphatic rings. The van der Waals surface area contributed by atoms with Crippen LogP contribution in [0.15, 0.2) is 42.0 Å². The molecule has 0 aromatic heterocycles. The lowest BCUT2D eigenvalue weighted by molar-refractivity contribution is 0.315. The molecule has 0 spiro atoms. The summed E-state index contributed by atoms with van der Waals surface area (Å²) in [5, 5.41) is 2.32. The number of fused-ring (bicyclic) bond motifs is 2. The van der Waals surface area contributed by atoms with E-state index in [4.69, 9.17) is 9.47 Å². The molecule has 0 saturated heterocycles. The Balaban J connectivity index is 2.41. The third-order valence-corrected chi connectivity index (χ3v) is 4.16. The highest BCUT2D eigenvalue weighted by Crippen LogP contribution is 2.35. The zero-order valence-electron chi connectivity index (χ0n) is 12.3. The van der Waals surface area contributed by atoms with Crippen LogP contribution in [0.2, 0.25) is 0 Å². The molecular weight excluding hydrogens is 248 g/mol. The molecule has 1 unspecified atom stereocenters. The van der Waals surface area contributed by atoms with Gasteiger partial charge in [0.05, 0.1) is 14.2 Å². The van der Waals surface area contributed by atoms with Crippen LogP contribution in [0.25, 0.3) is 11.5 Å². The van der Waals surface area contributed by atoms with Gasteiger partial charge in [0.15, 0.2) is 0 Å². The van der Waals surface area contributed by atoms with Crippen molar-refractivity contribution in [2.45, 2.75) is 19.8 Å². The van der Waals surface area contributed by atoms with Crippen LogP contribution in [0.3, 0.4) is 0 Å². The first-order valence-electron chi connectivity index (χ1n) is 7.12. The van der Waals surface area contributed by atoms with Gasteiger partial charge in [0, 0.05) is 21.9 Å². The van der Waals surface area contributed by atoms with Crippen molar-refractivity contribution in [2.75, 3.05) is 14.2 Å². The average molecular weight is 268 g/mol. The second kappa shape index (κ2) is 5.20. The van der Waals surface area contributed by atoms with Crippen LogP contribution < -0.4 is 10.4 Å². The van der Waals surface area contributed by atoms with Gasteiger partial charge in [0.1, 0.15) is 11.5 Å². The molecule has 0 N–H and O–H groups in total. The van der Waals surface area contributed by atoms with Gasteiger partial charge >= 0.3 is 0 Å². The summed E-state index contributed by atoms with van der Waals surface area (Å²) >= 11 is 0. The van der Waals surface area contributed by atoms with Gasteiger partial charge in [0.2, 0.25) is 0 Å². The van der Waals surface area contributed by atoms with E-state index in [-0.39, 0.29) is 5.92 Å². The van der Waals surface area contributed by atoms with Gasteiger partial charge in [-0.05, 0) is 24.5 Å². The summed E-state index contributed by atoms with van der Waals surface area (Å²) in [5.41, 5.74) is 2.55. The number of methoxy groups -OCH3 is 2. The molecule has 1 aromatic carbocycles. The van der Waals surface area contributed by atoms with Gasteiger partial charge < -0.3 is 9.47 Å². The van der Waals surface area contributed by atoms with E-state index in [0.717, 1.165) is 29.6 Å². The summed E-state index contributed by atoms with van der Waals surface area (Å²) in [6.45, 7) is 2.17. The van der Waals surface area contributed by atoms with E-state index < -0.39 is 0 Å². The predicted octanol–water partition coefficient (Wildman–Crippen LogP) is 2.27. The smallest absolute Gasteiger partial charge is 0.130 e. The Kier molecular flexibility index (Phi) is 3.39. The van der Waals surface area contributed by atoms with Crippen LogP contribution in [0.4, 0.5) is 0 Å². The zero-order valence-corrected chi connectivity index (χ0v) is 12.3. The second-order valence-electron chi connectivity index (χ2n) is 5.17. The van der Waals surface area contributed by atoms with Crippen molar-refractivity contribution >= 4 is 11.5 Å². The van der Waals surface area contributed by atoms with Crippen LogP contribution in [0, 0.1) is 5.92 Å². The molecule has 0 bridgehead atoms. The SMILES string of the molecule is CCc1ccc2c(c1)=C(OC)C1=CC=CCC1C=2OC. The van der Waals surface area contributed by atoms with Crippen molar-refractivity contribution in [2.24, 2.45) is 5.92 Å². The van der Waals surface area contributed by atoms with E-state index in [9.17, 15) is 0 Å². The maximum absolute atomic E-state index is 5.73. The number of benzene rings is 1. The molecule has 20 heavy (non-hydrogen) atoms. The summed E-state index contributed by atoms with van der Waals surface area (Å²) in [6, 6.07) is 6.57. The second-order valence-corrected chi connectivity index (χ2v) is 5.17. The van der Waals surface area contributed by atoms with Gasteiger partial charge in [0.25, 0.3) is 0 Å². The Hall–Kier alpha value is -1.96. The number of rotatable bonds is 3. The fraction of sp³-hybridized carbons (Fsp3) is 0.333. The number of hydrogen-bond donors (Lipinski definition) is 0. The summed E-state index contributed by atoms with van der Waals surface area (Å²) in [5.74, 6) is 2.32. The van der Waals surface area contributed by atoms with Gasteiger partial charge in [-0.15, -0.1) is 0 Å². The van der Waals surface area contributed by atoms with Gasteiger partial charge in [-0.3, -0.25) is 0 Å². The lowest BCUT2D eigenvalue weighted by atomic mass is 9.83. The Morgan fingerprint density at radius 3 is 2.70 bits per heavy atom. The van der Waals surface area contributed by atoms with Gasteiger partial charge in [-0.1, -0.05) is 37.3 Å². The lowest BCUT2D eigenvalue weighted by Crippen LogP contribution is -2.38. The van der Waals surface area contributed by atoms with E-state index in [1.807, 2.05) is 0 Å². The van der Waals surface area contributed by atoms with Crippen molar-refractivity contribution in [3.05, 3.63) is 58.0 Å². The van der Waals surface area contributed by atoms with Crippen molar-refractivity contribution in [3.63, 3.8) is 0 Å². The van der Waals surface area contributed by atoms with Gasteiger partial charge in [-0.2, -0.15) is 0 Å². The number of ether oxygens (including phenoxy) is 2. The first kappa shape index (κ1) is 13.0. The third-order valence-electron chi connectivity index (χ3n) is 4.16. The molecule has 3 rings (SSSR count). The summed E-state index contributed by atoms with van der Waals surface area (Å²) in [7, 11) is 3.52. The van der Waals surface area contributed by atoms with Crippen LogP contribution in [-0.2, 0) is 15.9 Å². The zero-order chi connectivity index (χ0) is 14.1. The maximum Gasteiger partial charge on any atom is 0.130 e. The third kappa shape index (κ3) is 1.87. The van der Waals surface area contributed by atoms with Crippen LogP contribution in [-0.4, -0.2) is 14.2 Å². The molecule has 2 heteroatoms. The maximum atomic E-state index is 5.73. The van der Waals surface area contributed by atoms with E-state index in [2.05, 4.69) is 43.4 Å². The quantitative estimate of drug-likeness (QED) is 0.837. The van der Waals surface area contributed by atoms with E-state index >= 15 is 0 Å². The van der Waals surface area contributed by atoms with E-state index in [1.54, 1.807) is 14.2 Å². The standard InChI is InChI=1S/C18H20O2/c1-4-12-9-10-15-16(11-12)18(20-3)14-8-6-5-7-13(14)17(15)19-2/h5-6,8-11,13H,4,7H2,1-3H3. The molecule has 0 radical (unpaired) electrons. The Morgan fingerprint density at radius 2 is 2.00 bits per heavy atom. The van der Waals surface area contributed by atoms with Crippen molar-refractivity contribution in [1.82, 2.24) is 0 Å². The van der Waals surface area contributed by atoms with Crippen LogP contribution in [0.1, 0.15) is 18.9 Å². The number of aryl methyl sites for hydroxylation is 1. The Bertz CT molecular complexity index is 707. The largest absolute Gasteiger partial charge is 0.500 e. The number of hydrogen-bond acceptors (Lipinski definition) is 2. The van der Waals surface area contributed by atoms with Crippen molar-refractivity contribution in [3.8, 4) is 0 Å². The van der Waals surface area contributed by atoms with Crippen LogP contribution >= 0.6 is 0 Å². The highest BCUT2D eigenvalue weighted by molar-refractivity contribution is 5.71. The van der Waals surface area contributed by atoms with E-state index in [1.165, 1.54) is 16.4 Å². The minimum Gasteiger partial charge on any atom is -0.500 e. The molecule has 0 heterocycles. The molecule has 2 nitrogen and oxygen atoms in total. The molecule has 1 atom stereocenters. The molecule has 0 aliphatic heterocycles. The van der Waals surface area contributed by atoms with Crippen molar-refractivity contribution in [1.29, 1.82) is 0 Å². The first-order valence-corrected chi connectivity index (χ1v) is 7.12. The summed E-state index contributed by atoms with van der Waals surface area (Å²) < 4.78 is 11.5. The highest BCUT2D eigenvalue weighted by atomic mass is 16.5. The molecule has 2 aliphatic carbocycles. The van der Waals surface area contributed by atoms with E-state index in [0.29, 0.717) is 0 Å². The van der Waals surface area contributed by atoms with Crippen molar-refractivity contribution < 1.29 is 9.47 Å². The molecule has 104 valence electrons. The van der Waals surface area contributed by atoms with Crippen LogP contribution in [0.5, 0.6) is 0 Å². The molecular formula is C18H20O2. The monoisotopic (exact) mass is 268 g/mol. The first-order chi connectivity index (χ1) is 9.80. The Morgan fingerprint density at radius 1 is 1.15 bits per heavy atom. The summed E-state index contributed by atoms with van der Waals surface area (Å²) in [4.78, 5) is 0. The normalized spacial score (nSPS) is 20.1. The molecule has 0 saturated carbocycles. The predicted molar refractivity (Wildman–Crippen MR) is 81.2 cm³/mol. The fourth-order valence-corrected chi connectivity index (χ4v) is 3.15. The lowest BCUT2D eigenvalue weighted by Gasteiger charge is -2.28. The minimum absolute atomic E-state index is 0.278. The fourth-order valence-electron chi connectivity index (χ4n) is 3.15. The average Bonchev–Trinajstić information content (AvgIpc) is 2.51. The molecule has 1 aromatic rings. The molecule has 0 amide bonds. The number of allylic oxidation sites excluding steroid dienone is 3. The highest BCUT2D eigenvalue weighted by Gasteiger charge is 2.29. The minimum atomic E-state index is 0.278. The summed E-state index contributed by atoms with van der Waals surface area (Å²) in [6.07, 6.45) is 8.43. The molecule has 0 fully saturated rings. The topological polar surface area (TPSA) is 18.5 Å². The Labute approximate surface area is 119 Å².